The summed E-state index contributed by atoms with van der Waals surface area (Å²) < 4.78 is 19.8. The molecule has 44 valence electrons. The van der Waals surface area contributed by atoms with E-state index in [0.717, 1.165) is 4.89 Å². The average molecular weight is 146 g/mol. The van der Waals surface area contributed by atoms with Crippen molar-refractivity contribution in [3.05, 3.63) is 0 Å². The molecule has 0 aliphatic rings. The molecule has 0 aromatic rings. The van der Waals surface area contributed by atoms with Gasteiger partial charge in [0.1, 0.15) is 5.21 Å². The van der Waals surface area contributed by atoms with Crippen molar-refractivity contribution in [2.24, 2.45) is 0 Å². The first-order valence-corrected chi connectivity index (χ1v) is 3.50. The highest BCUT2D eigenvalue weighted by Gasteiger charge is 2.01. The first-order chi connectivity index (χ1) is 3.12. The minimum absolute atomic E-state index is 0.622. The van der Waals surface area contributed by atoms with Gasteiger partial charge in [-0.05, 0) is 0 Å². The first-order valence-electron chi connectivity index (χ1n) is 1.32. The SMILES string of the molecule is O=S(=O)(CCl)NO. The molecule has 0 rings (SSSR count). The Labute approximate surface area is 46.1 Å². The molecule has 0 aromatic heterocycles. The zero-order valence-corrected chi connectivity index (χ0v) is 4.83. The topological polar surface area (TPSA) is 66.4 Å². The van der Waals surface area contributed by atoms with Crippen LogP contribution in [0.4, 0.5) is 0 Å². The van der Waals surface area contributed by atoms with Gasteiger partial charge in [0.15, 0.2) is 0 Å². The number of hydrogen-bond donors (Lipinski definition) is 2. The highest BCUT2D eigenvalue weighted by molar-refractivity contribution is 7.90. The van der Waals surface area contributed by atoms with Crippen LogP contribution in [0.1, 0.15) is 0 Å². The molecule has 6 heteroatoms. The molecule has 0 radical (unpaired) electrons. The van der Waals surface area contributed by atoms with Gasteiger partial charge in [0.25, 0.3) is 0 Å². The number of rotatable bonds is 2. The third-order valence-corrected chi connectivity index (χ3v) is 1.71. The fourth-order valence-electron chi connectivity index (χ4n) is 0.0244. The molecule has 0 saturated heterocycles. The average Bonchev–Trinajstić information content (AvgIpc) is 1.68. The van der Waals surface area contributed by atoms with Gasteiger partial charge >= 0.3 is 0 Å². The summed E-state index contributed by atoms with van der Waals surface area (Å²) in [4.78, 5) is 1.03. The van der Waals surface area contributed by atoms with E-state index in [4.69, 9.17) is 16.8 Å². The van der Waals surface area contributed by atoms with Gasteiger partial charge in [-0.2, -0.15) is 0 Å². The van der Waals surface area contributed by atoms with Crippen molar-refractivity contribution >= 4 is 21.6 Å². The molecule has 0 aliphatic carbocycles. The van der Waals surface area contributed by atoms with E-state index in [1.165, 1.54) is 0 Å². The first kappa shape index (κ1) is 7.16. The minimum Gasteiger partial charge on any atom is -0.302 e. The van der Waals surface area contributed by atoms with Crippen LogP contribution >= 0.6 is 11.6 Å². The highest BCUT2D eigenvalue weighted by Crippen LogP contribution is 1.82. The second kappa shape index (κ2) is 2.46. The Hall–Kier alpha value is 0.160. The van der Waals surface area contributed by atoms with Crippen molar-refractivity contribution in [1.29, 1.82) is 0 Å². The van der Waals surface area contributed by atoms with Crippen LogP contribution in [0, 0.1) is 0 Å². The second-order valence-corrected chi connectivity index (χ2v) is 3.10. The van der Waals surface area contributed by atoms with Gasteiger partial charge in [-0.3, -0.25) is 0 Å². The van der Waals surface area contributed by atoms with Crippen molar-refractivity contribution < 1.29 is 13.6 Å². The van der Waals surface area contributed by atoms with Gasteiger partial charge in [-0.15, -0.1) is 11.6 Å². The fraction of sp³-hybridized carbons (Fsp3) is 1.00. The van der Waals surface area contributed by atoms with E-state index in [1.54, 1.807) is 0 Å². The number of nitrogens with one attached hydrogen (secondary N) is 1. The molecule has 0 bridgehead atoms. The molecular formula is CH4ClNO3S. The Bertz CT molecular complexity index is 118. The van der Waals surface area contributed by atoms with Crippen LogP contribution in [0.15, 0.2) is 0 Å². The summed E-state index contributed by atoms with van der Waals surface area (Å²) in [7, 11) is -3.59. The van der Waals surface area contributed by atoms with E-state index < -0.39 is 15.2 Å². The molecule has 0 amide bonds. The van der Waals surface area contributed by atoms with E-state index >= 15 is 0 Å². The van der Waals surface area contributed by atoms with Crippen LogP contribution in [0.3, 0.4) is 0 Å². The van der Waals surface area contributed by atoms with Gasteiger partial charge in [-0.1, -0.05) is 4.89 Å². The summed E-state index contributed by atoms with van der Waals surface area (Å²) in [6.45, 7) is 0. The summed E-state index contributed by atoms with van der Waals surface area (Å²) in [5, 5.41) is 7.05. The Kier molecular flexibility index (Phi) is 2.52. The molecule has 0 heterocycles. The number of hydrogen-bond acceptors (Lipinski definition) is 3. The Balaban J connectivity index is 3.89. The fourth-order valence-corrected chi connectivity index (χ4v) is 0.220. The van der Waals surface area contributed by atoms with E-state index in [9.17, 15) is 8.42 Å². The summed E-state index contributed by atoms with van der Waals surface area (Å²) >= 11 is 4.78. The third-order valence-electron chi connectivity index (χ3n) is 0.283. The van der Waals surface area contributed by atoms with Gasteiger partial charge < -0.3 is 5.21 Å². The van der Waals surface area contributed by atoms with E-state index in [-0.39, 0.29) is 0 Å². The van der Waals surface area contributed by atoms with E-state index in [0.29, 0.717) is 0 Å². The monoisotopic (exact) mass is 145 g/mol. The molecule has 7 heavy (non-hydrogen) atoms. The Morgan fingerprint density at radius 1 is 1.71 bits per heavy atom. The van der Waals surface area contributed by atoms with Gasteiger partial charge in [0.05, 0.1) is 0 Å². The molecule has 0 spiro atoms. The van der Waals surface area contributed by atoms with Crippen LogP contribution in [0.2, 0.25) is 0 Å². The largest absolute Gasteiger partial charge is 0.302 e. The molecular weight excluding hydrogens is 142 g/mol. The maximum Gasteiger partial charge on any atom is 0.247 e. The predicted octanol–water partition coefficient (Wildman–Crippen LogP) is -0.509. The lowest BCUT2D eigenvalue weighted by molar-refractivity contribution is 0.243. The van der Waals surface area contributed by atoms with Crippen LogP contribution in [0.25, 0.3) is 0 Å². The normalized spacial score (nSPS) is 11.7. The van der Waals surface area contributed by atoms with Crippen molar-refractivity contribution in [1.82, 2.24) is 4.89 Å². The summed E-state index contributed by atoms with van der Waals surface area (Å²) in [5.41, 5.74) is 0. The molecule has 0 aliphatic heterocycles. The predicted molar refractivity (Wildman–Crippen MR) is 24.6 cm³/mol. The molecule has 0 atom stereocenters. The molecule has 0 aromatic carbocycles. The maximum atomic E-state index is 9.88. The highest BCUT2D eigenvalue weighted by atomic mass is 35.5. The molecule has 0 saturated carbocycles. The smallest absolute Gasteiger partial charge is 0.247 e. The van der Waals surface area contributed by atoms with Crippen LogP contribution in [0.5, 0.6) is 0 Å². The van der Waals surface area contributed by atoms with Gasteiger partial charge in [0, 0.05) is 0 Å². The van der Waals surface area contributed by atoms with Crippen molar-refractivity contribution in [2.75, 3.05) is 5.21 Å². The standard InChI is InChI=1S/CH4ClNO3S/c2-1-7(5,6)3-4/h3-4H,1H2. The summed E-state index contributed by atoms with van der Waals surface area (Å²) in [6, 6.07) is 0. The zero-order chi connectivity index (χ0) is 5.91. The Morgan fingerprint density at radius 2 is 2.14 bits per heavy atom. The third kappa shape index (κ3) is 2.81. The lowest BCUT2D eigenvalue weighted by Crippen LogP contribution is -2.19. The van der Waals surface area contributed by atoms with Crippen molar-refractivity contribution in [2.45, 2.75) is 0 Å². The van der Waals surface area contributed by atoms with Crippen LogP contribution in [-0.4, -0.2) is 18.8 Å². The number of alkyl halides is 1. The van der Waals surface area contributed by atoms with E-state index in [1.807, 2.05) is 0 Å². The molecule has 0 fully saturated rings. The maximum absolute atomic E-state index is 9.88. The second-order valence-electron chi connectivity index (χ2n) is 0.815. The summed E-state index contributed by atoms with van der Waals surface area (Å²) in [5.74, 6) is 0. The minimum atomic E-state index is -3.59. The number of sulfonamides is 1. The molecule has 0 unspecified atom stereocenters. The zero-order valence-electron chi connectivity index (χ0n) is 3.26. The van der Waals surface area contributed by atoms with Crippen LogP contribution < -0.4 is 4.89 Å². The van der Waals surface area contributed by atoms with Crippen molar-refractivity contribution in [3.8, 4) is 0 Å². The Morgan fingerprint density at radius 3 is 2.14 bits per heavy atom. The van der Waals surface area contributed by atoms with E-state index in [2.05, 4.69) is 0 Å². The van der Waals surface area contributed by atoms with Gasteiger partial charge in [-0.25, -0.2) is 8.42 Å². The van der Waals surface area contributed by atoms with Crippen molar-refractivity contribution in [3.63, 3.8) is 0 Å². The molecule has 4 nitrogen and oxygen atoms in total. The quantitative estimate of drug-likeness (QED) is 0.406. The molecule has 2 N–H and O–H groups in total. The lowest BCUT2D eigenvalue weighted by atomic mass is 11.9. The number of halogens is 1. The lowest BCUT2D eigenvalue weighted by Gasteiger charge is -1.89. The van der Waals surface area contributed by atoms with Gasteiger partial charge in [0.2, 0.25) is 10.0 Å². The van der Waals surface area contributed by atoms with Crippen LogP contribution in [-0.2, 0) is 10.0 Å². The summed E-state index contributed by atoms with van der Waals surface area (Å²) in [6.07, 6.45) is 0.